The van der Waals surface area contributed by atoms with Crippen LogP contribution in [0.2, 0.25) is 0 Å². The normalized spacial score (nSPS) is 13.8. The Morgan fingerprint density at radius 3 is 2.39 bits per heavy atom. The third-order valence-corrected chi connectivity index (χ3v) is 5.02. The highest BCUT2D eigenvalue weighted by Gasteiger charge is 2.10. The van der Waals surface area contributed by atoms with Gasteiger partial charge in [-0.05, 0) is 66.6 Å². The molecule has 0 unspecified atom stereocenters. The maximum atomic E-state index is 10.1. The van der Waals surface area contributed by atoms with E-state index in [-0.39, 0.29) is 0 Å². The summed E-state index contributed by atoms with van der Waals surface area (Å²) >= 11 is 0. The molecule has 0 radical (unpaired) electrons. The van der Waals surface area contributed by atoms with Crippen LogP contribution in [0.4, 0.5) is 0 Å². The van der Waals surface area contributed by atoms with E-state index in [0.717, 1.165) is 34.6 Å². The van der Waals surface area contributed by atoms with E-state index >= 15 is 0 Å². The van der Waals surface area contributed by atoms with Crippen molar-refractivity contribution in [1.29, 1.82) is 0 Å². The monoisotopic (exact) mass is 376 g/mol. The highest BCUT2D eigenvalue weighted by atomic mass is 16.5. The second-order valence-electron chi connectivity index (χ2n) is 6.97. The largest absolute Gasteiger partial charge is 0.497 e. The number of nitrogens with zero attached hydrogens (tertiary/aromatic N) is 2. The molecule has 2 aromatic carbocycles. The molecule has 3 aromatic rings. The van der Waals surface area contributed by atoms with Crippen LogP contribution < -0.4 is 15.0 Å². The standard InChI is InChI=1S/C23H24N2O3/c1-27-20-9-6-17(7-10-20)16-24-23-15-22(12-13-25(23)26)28-21-11-8-18-4-2-3-5-19(18)14-21/h6-15,26H,2-5,16H2,1H3. The molecule has 0 saturated heterocycles. The van der Waals surface area contributed by atoms with Crippen molar-refractivity contribution in [3.05, 3.63) is 83.0 Å². The third kappa shape index (κ3) is 4.19. The van der Waals surface area contributed by atoms with Gasteiger partial charge in [0.25, 0.3) is 0 Å². The topological polar surface area (TPSA) is 56.0 Å². The van der Waals surface area contributed by atoms with Crippen molar-refractivity contribution in [1.82, 2.24) is 4.73 Å². The van der Waals surface area contributed by atoms with Gasteiger partial charge < -0.3 is 14.7 Å². The summed E-state index contributed by atoms with van der Waals surface area (Å²) in [6.45, 7) is 0.451. The van der Waals surface area contributed by atoms with Crippen molar-refractivity contribution < 1.29 is 14.7 Å². The molecular formula is C23H24N2O3. The predicted molar refractivity (Wildman–Crippen MR) is 107 cm³/mol. The zero-order valence-electron chi connectivity index (χ0n) is 16.0. The number of benzene rings is 2. The molecule has 1 aliphatic carbocycles. The number of pyridine rings is 1. The number of methoxy groups -OCH3 is 1. The maximum absolute atomic E-state index is 10.1. The van der Waals surface area contributed by atoms with Gasteiger partial charge in [0.05, 0.1) is 13.7 Å². The number of hydrogen-bond acceptors (Lipinski definition) is 4. The van der Waals surface area contributed by atoms with Crippen molar-refractivity contribution in [2.45, 2.75) is 32.2 Å². The molecule has 5 heteroatoms. The SMILES string of the molecule is COc1ccc(CN=c2cc(Oc3ccc4c(c3)CCCC4)ccn2O)cc1. The predicted octanol–water partition coefficient (Wildman–Crippen LogP) is 4.51. The minimum Gasteiger partial charge on any atom is -0.497 e. The molecule has 4 rings (SSSR count). The van der Waals surface area contributed by atoms with E-state index in [9.17, 15) is 5.21 Å². The van der Waals surface area contributed by atoms with Crippen LogP contribution in [0.15, 0.2) is 65.8 Å². The third-order valence-electron chi connectivity index (χ3n) is 5.02. The summed E-state index contributed by atoms with van der Waals surface area (Å²) in [6.07, 6.45) is 6.31. The Morgan fingerprint density at radius 2 is 1.61 bits per heavy atom. The Morgan fingerprint density at radius 1 is 0.893 bits per heavy atom. The molecule has 1 aliphatic rings. The molecule has 1 N–H and O–H groups in total. The Kier molecular flexibility index (Phi) is 5.33. The summed E-state index contributed by atoms with van der Waals surface area (Å²) in [4.78, 5) is 4.50. The second kappa shape index (κ2) is 8.21. The fourth-order valence-electron chi connectivity index (χ4n) is 3.46. The van der Waals surface area contributed by atoms with Gasteiger partial charge in [0, 0.05) is 18.3 Å². The Balaban J connectivity index is 1.53. The first kappa shape index (κ1) is 18.2. The molecule has 0 spiro atoms. The number of ether oxygens (including phenoxy) is 2. The van der Waals surface area contributed by atoms with E-state index in [2.05, 4.69) is 17.1 Å². The lowest BCUT2D eigenvalue weighted by Gasteiger charge is -2.16. The summed E-state index contributed by atoms with van der Waals surface area (Å²) in [5.74, 6) is 2.27. The van der Waals surface area contributed by atoms with Gasteiger partial charge in [0.15, 0.2) is 5.49 Å². The lowest BCUT2D eigenvalue weighted by Crippen LogP contribution is -2.18. The molecule has 0 fully saturated rings. The number of rotatable bonds is 5. The van der Waals surface area contributed by atoms with Crippen molar-refractivity contribution in [2.24, 2.45) is 4.99 Å². The quantitative estimate of drug-likeness (QED) is 0.667. The van der Waals surface area contributed by atoms with Gasteiger partial charge in [-0.3, -0.25) is 4.99 Å². The Labute approximate surface area is 164 Å². The van der Waals surface area contributed by atoms with Crippen molar-refractivity contribution in [3.63, 3.8) is 0 Å². The first-order chi connectivity index (χ1) is 13.7. The second-order valence-corrected chi connectivity index (χ2v) is 6.97. The van der Waals surface area contributed by atoms with E-state index in [4.69, 9.17) is 9.47 Å². The van der Waals surface area contributed by atoms with Gasteiger partial charge in [-0.2, -0.15) is 4.73 Å². The van der Waals surface area contributed by atoms with Crippen molar-refractivity contribution in [2.75, 3.05) is 7.11 Å². The molecule has 28 heavy (non-hydrogen) atoms. The maximum Gasteiger partial charge on any atom is 0.167 e. The van der Waals surface area contributed by atoms with Gasteiger partial charge in [-0.15, -0.1) is 0 Å². The van der Waals surface area contributed by atoms with Gasteiger partial charge in [0.1, 0.15) is 17.2 Å². The van der Waals surface area contributed by atoms with Crippen LogP contribution >= 0.6 is 0 Å². The Bertz CT molecular complexity index is 1020. The molecule has 0 bridgehead atoms. The summed E-state index contributed by atoms with van der Waals surface area (Å²) < 4.78 is 12.2. The Hall–Kier alpha value is -3.21. The molecular weight excluding hydrogens is 352 g/mol. The zero-order valence-corrected chi connectivity index (χ0v) is 16.0. The molecule has 1 heterocycles. The molecule has 0 saturated carbocycles. The van der Waals surface area contributed by atoms with Crippen LogP contribution in [-0.4, -0.2) is 17.0 Å². The van der Waals surface area contributed by atoms with Crippen LogP contribution in [0, 0.1) is 0 Å². The van der Waals surface area contributed by atoms with Crippen LogP contribution in [-0.2, 0) is 19.4 Å². The lowest BCUT2D eigenvalue weighted by molar-refractivity contribution is 0.170. The fourth-order valence-corrected chi connectivity index (χ4v) is 3.46. The fraction of sp³-hybridized carbons (Fsp3) is 0.261. The van der Waals surface area contributed by atoms with E-state index in [1.165, 1.54) is 24.0 Å². The minimum atomic E-state index is 0.436. The highest BCUT2D eigenvalue weighted by molar-refractivity contribution is 5.39. The first-order valence-electron chi connectivity index (χ1n) is 9.56. The average Bonchev–Trinajstić information content (AvgIpc) is 2.74. The molecule has 144 valence electrons. The van der Waals surface area contributed by atoms with E-state index in [1.54, 1.807) is 25.4 Å². The smallest absolute Gasteiger partial charge is 0.167 e. The van der Waals surface area contributed by atoms with Crippen molar-refractivity contribution in [3.8, 4) is 17.2 Å². The van der Waals surface area contributed by atoms with Crippen molar-refractivity contribution >= 4 is 0 Å². The molecule has 0 amide bonds. The summed E-state index contributed by atoms with van der Waals surface area (Å²) in [5, 5.41) is 10.1. The van der Waals surface area contributed by atoms with E-state index < -0.39 is 0 Å². The number of hydrogen-bond donors (Lipinski definition) is 1. The average molecular weight is 376 g/mol. The summed E-state index contributed by atoms with van der Waals surface area (Å²) in [7, 11) is 1.64. The lowest BCUT2D eigenvalue weighted by atomic mass is 9.92. The summed E-state index contributed by atoms with van der Waals surface area (Å²) in [5.41, 5.74) is 4.27. The molecule has 0 atom stereocenters. The first-order valence-corrected chi connectivity index (χ1v) is 9.56. The van der Waals surface area contributed by atoms with E-state index in [0.29, 0.717) is 17.8 Å². The molecule has 1 aromatic heterocycles. The molecule has 0 aliphatic heterocycles. The highest BCUT2D eigenvalue weighted by Crippen LogP contribution is 2.27. The number of fused-ring (bicyclic) bond motifs is 1. The van der Waals surface area contributed by atoms with Crippen LogP contribution in [0.5, 0.6) is 17.2 Å². The van der Waals surface area contributed by atoms with Gasteiger partial charge in [-0.25, -0.2) is 0 Å². The zero-order chi connectivity index (χ0) is 19.3. The number of aryl methyl sites for hydroxylation is 2. The van der Waals surface area contributed by atoms with Gasteiger partial charge in [0.2, 0.25) is 0 Å². The minimum absolute atomic E-state index is 0.436. The van der Waals surface area contributed by atoms with E-state index in [1.807, 2.05) is 30.3 Å². The van der Waals surface area contributed by atoms with Crippen LogP contribution in [0.1, 0.15) is 29.5 Å². The summed E-state index contributed by atoms with van der Waals surface area (Å²) in [6, 6.07) is 17.5. The molecule has 5 nitrogen and oxygen atoms in total. The number of aromatic nitrogens is 1. The van der Waals surface area contributed by atoms with Gasteiger partial charge in [-0.1, -0.05) is 18.2 Å². The van der Waals surface area contributed by atoms with Crippen LogP contribution in [0.3, 0.4) is 0 Å². The van der Waals surface area contributed by atoms with Gasteiger partial charge >= 0.3 is 0 Å². The van der Waals surface area contributed by atoms with Crippen LogP contribution in [0.25, 0.3) is 0 Å².